The highest BCUT2D eigenvalue weighted by atomic mass is 14.4. The van der Waals surface area contributed by atoms with E-state index in [1.165, 1.54) is 75.4 Å². The van der Waals surface area contributed by atoms with Crippen LogP contribution in [0.2, 0.25) is 0 Å². The number of hydrogen-bond donors (Lipinski definition) is 0. The SMILES string of the molecule is C=C=CC(C)C(CCC)C(CC)C(CC(=C)C)CC(C)C(C)CCCC(C)C(C)C(C)=C=CCCC(C=C)CC. The molecule has 0 heteroatoms. The van der Waals surface area contributed by atoms with Gasteiger partial charge in [-0.05, 0) is 123 Å². The molecule has 0 saturated carbocycles. The van der Waals surface area contributed by atoms with Gasteiger partial charge in [0.1, 0.15) is 0 Å². The lowest BCUT2D eigenvalue weighted by atomic mass is 9.67. The largest absolute Gasteiger partial charge is 0.133 e. The summed E-state index contributed by atoms with van der Waals surface area (Å²) in [5.41, 5.74) is 9.46. The van der Waals surface area contributed by atoms with Crippen LogP contribution in [0.1, 0.15) is 140 Å². The molecule has 0 amide bonds. The maximum absolute atomic E-state index is 4.35. The van der Waals surface area contributed by atoms with Crippen molar-refractivity contribution >= 4 is 0 Å². The van der Waals surface area contributed by atoms with Crippen LogP contribution in [0, 0.1) is 53.3 Å². The van der Waals surface area contributed by atoms with Crippen LogP contribution in [0.25, 0.3) is 0 Å². The van der Waals surface area contributed by atoms with Crippen molar-refractivity contribution in [3.8, 4) is 0 Å². The normalized spacial score (nSPS) is 18.1. The standard InChI is InChI=1S/C40H70/c1-14-22-34(11)40(23-15-2)39(18-5)38(28-30(6)7)29-35(12)31(8)25-21-26-33(10)36(13)32(9)24-19-20-27-37(16-3)17-4/h16,19,22,31,33-40H,1,3,6,15,17-18,20-21,23,25-29H2,2,4-5,7-13H3. The highest BCUT2D eigenvalue weighted by Gasteiger charge is 2.32. The number of allylic oxidation sites excluding steroid dienone is 4. The molecule has 0 saturated heterocycles. The van der Waals surface area contributed by atoms with E-state index in [1.54, 1.807) is 0 Å². The summed E-state index contributed by atoms with van der Waals surface area (Å²) in [5, 5.41) is 0. The van der Waals surface area contributed by atoms with Crippen LogP contribution in [-0.2, 0) is 0 Å². The van der Waals surface area contributed by atoms with Crippen molar-refractivity contribution in [3.63, 3.8) is 0 Å². The fourth-order valence-corrected chi connectivity index (χ4v) is 6.94. The first-order chi connectivity index (χ1) is 19.0. The Morgan fingerprint density at radius 3 is 2.00 bits per heavy atom. The van der Waals surface area contributed by atoms with Gasteiger partial charge >= 0.3 is 0 Å². The predicted octanol–water partition coefficient (Wildman–Crippen LogP) is 13.2. The van der Waals surface area contributed by atoms with E-state index in [2.05, 4.69) is 119 Å². The summed E-state index contributed by atoms with van der Waals surface area (Å²) in [7, 11) is 0. The van der Waals surface area contributed by atoms with Gasteiger partial charge in [0.25, 0.3) is 0 Å². The molecule has 9 unspecified atom stereocenters. The molecule has 0 fully saturated rings. The predicted molar refractivity (Wildman–Crippen MR) is 184 cm³/mol. The van der Waals surface area contributed by atoms with Crippen molar-refractivity contribution in [2.45, 2.75) is 140 Å². The third-order valence-electron chi connectivity index (χ3n) is 10.3. The van der Waals surface area contributed by atoms with Gasteiger partial charge in [0, 0.05) is 0 Å². The molecule has 0 aromatic carbocycles. The zero-order valence-electron chi connectivity index (χ0n) is 28.8. The summed E-state index contributed by atoms with van der Waals surface area (Å²) in [6.07, 6.45) is 20.3. The molecule has 0 rings (SSSR count). The van der Waals surface area contributed by atoms with Crippen LogP contribution < -0.4 is 0 Å². The number of rotatable bonds is 23. The van der Waals surface area contributed by atoms with Crippen molar-refractivity contribution in [2.75, 3.05) is 0 Å². The third kappa shape index (κ3) is 14.9. The summed E-state index contributed by atoms with van der Waals surface area (Å²) in [6.45, 7) is 35.9. The molecule has 9 atom stereocenters. The second kappa shape index (κ2) is 22.2. The molecule has 0 heterocycles. The fourth-order valence-electron chi connectivity index (χ4n) is 6.94. The Labute approximate surface area is 253 Å². The molecule has 0 bridgehead atoms. The Balaban J connectivity index is 5.14. The van der Waals surface area contributed by atoms with E-state index < -0.39 is 0 Å². The van der Waals surface area contributed by atoms with Gasteiger partial charge in [-0.15, -0.1) is 24.6 Å². The van der Waals surface area contributed by atoms with Gasteiger partial charge in [-0.3, -0.25) is 0 Å². The lowest BCUT2D eigenvalue weighted by molar-refractivity contribution is 0.136. The van der Waals surface area contributed by atoms with Crippen molar-refractivity contribution in [2.24, 2.45) is 53.3 Å². The molecule has 0 radical (unpaired) electrons. The van der Waals surface area contributed by atoms with Crippen molar-refractivity contribution < 1.29 is 0 Å². The molecule has 0 aliphatic carbocycles. The Kier molecular flexibility index (Phi) is 21.3. The molecule has 0 aliphatic rings. The maximum atomic E-state index is 4.35. The van der Waals surface area contributed by atoms with Gasteiger partial charge in [-0.2, -0.15) is 0 Å². The maximum Gasteiger partial charge on any atom is -0.0133 e. The molecule has 230 valence electrons. The Morgan fingerprint density at radius 2 is 1.48 bits per heavy atom. The molecular weight excluding hydrogens is 480 g/mol. The molecule has 0 aromatic heterocycles. The summed E-state index contributed by atoms with van der Waals surface area (Å²) in [5.74, 6) is 6.14. The van der Waals surface area contributed by atoms with Gasteiger partial charge < -0.3 is 0 Å². The van der Waals surface area contributed by atoms with E-state index in [4.69, 9.17) is 0 Å². The van der Waals surface area contributed by atoms with E-state index in [-0.39, 0.29) is 0 Å². The first-order valence-corrected chi connectivity index (χ1v) is 17.0. The lowest BCUT2D eigenvalue weighted by Crippen LogP contribution is -2.29. The van der Waals surface area contributed by atoms with Gasteiger partial charge in [0.15, 0.2) is 0 Å². The van der Waals surface area contributed by atoms with Crippen LogP contribution in [0.15, 0.2) is 60.6 Å². The minimum Gasteiger partial charge on any atom is -0.133 e. The van der Waals surface area contributed by atoms with E-state index >= 15 is 0 Å². The van der Waals surface area contributed by atoms with Crippen molar-refractivity contribution in [1.82, 2.24) is 0 Å². The minimum atomic E-state index is 0.541. The average Bonchev–Trinajstić information content (AvgIpc) is 2.91. The highest BCUT2D eigenvalue weighted by Crippen LogP contribution is 2.41. The first-order valence-electron chi connectivity index (χ1n) is 17.0. The van der Waals surface area contributed by atoms with E-state index in [0.29, 0.717) is 29.6 Å². The van der Waals surface area contributed by atoms with Gasteiger partial charge in [0.2, 0.25) is 0 Å². The number of hydrogen-bond acceptors (Lipinski definition) is 0. The molecule has 0 nitrogen and oxygen atoms in total. The van der Waals surface area contributed by atoms with E-state index in [9.17, 15) is 0 Å². The topological polar surface area (TPSA) is 0 Å². The molecular formula is C40H70. The monoisotopic (exact) mass is 551 g/mol. The Morgan fingerprint density at radius 1 is 0.825 bits per heavy atom. The van der Waals surface area contributed by atoms with Crippen molar-refractivity contribution in [3.05, 3.63) is 60.6 Å². The molecule has 40 heavy (non-hydrogen) atoms. The zero-order valence-corrected chi connectivity index (χ0v) is 28.8. The van der Waals surface area contributed by atoms with Crippen LogP contribution in [0.3, 0.4) is 0 Å². The molecule has 0 aromatic rings. The Bertz CT molecular complexity index is 798. The third-order valence-corrected chi connectivity index (χ3v) is 10.3. The molecule has 0 N–H and O–H groups in total. The molecule has 0 spiro atoms. The summed E-state index contributed by atoms with van der Waals surface area (Å²) in [6, 6.07) is 0. The van der Waals surface area contributed by atoms with Crippen LogP contribution in [0.5, 0.6) is 0 Å². The van der Waals surface area contributed by atoms with E-state index in [0.717, 1.165) is 30.1 Å². The van der Waals surface area contributed by atoms with Gasteiger partial charge in [0.05, 0.1) is 0 Å². The van der Waals surface area contributed by atoms with Crippen LogP contribution in [0.4, 0.5) is 0 Å². The second-order valence-electron chi connectivity index (χ2n) is 13.6. The summed E-state index contributed by atoms with van der Waals surface area (Å²) in [4.78, 5) is 0. The lowest BCUT2D eigenvalue weighted by Gasteiger charge is -2.38. The summed E-state index contributed by atoms with van der Waals surface area (Å²) < 4.78 is 0. The van der Waals surface area contributed by atoms with Gasteiger partial charge in [-0.1, -0.05) is 106 Å². The van der Waals surface area contributed by atoms with Crippen molar-refractivity contribution in [1.29, 1.82) is 0 Å². The first kappa shape index (κ1) is 38.5. The van der Waals surface area contributed by atoms with Crippen LogP contribution >= 0.6 is 0 Å². The van der Waals surface area contributed by atoms with Crippen LogP contribution in [-0.4, -0.2) is 0 Å². The second-order valence-corrected chi connectivity index (χ2v) is 13.6. The molecule has 0 aliphatic heterocycles. The Hall–Kier alpha value is -1.48. The fraction of sp³-hybridized carbons (Fsp3) is 0.750. The summed E-state index contributed by atoms with van der Waals surface area (Å²) >= 11 is 0. The van der Waals surface area contributed by atoms with E-state index in [1.807, 2.05) is 0 Å². The van der Waals surface area contributed by atoms with Gasteiger partial charge in [-0.25, -0.2) is 0 Å². The highest BCUT2D eigenvalue weighted by molar-refractivity contribution is 5.03. The quantitative estimate of drug-likeness (QED) is 0.0876. The zero-order chi connectivity index (χ0) is 30.7. The minimum absolute atomic E-state index is 0.541. The average molecular weight is 551 g/mol. The smallest absolute Gasteiger partial charge is 0.0133 e.